The number of aryl methyl sites for hydroxylation is 1. The normalized spacial score (nSPS) is 28.9. The van der Waals surface area contributed by atoms with Crippen molar-refractivity contribution in [2.75, 3.05) is 6.54 Å². The summed E-state index contributed by atoms with van der Waals surface area (Å²) in [7, 11) is 0. The molecule has 1 aromatic heterocycles. The lowest BCUT2D eigenvalue weighted by atomic mass is 9.74. The average Bonchev–Trinajstić information content (AvgIpc) is 2.66. The van der Waals surface area contributed by atoms with Crippen LogP contribution in [0.1, 0.15) is 62.1 Å². The van der Waals surface area contributed by atoms with Gasteiger partial charge in [-0.25, -0.2) is 0 Å². The lowest BCUT2D eigenvalue weighted by molar-refractivity contribution is -0.122. The van der Waals surface area contributed by atoms with Gasteiger partial charge in [0.05, 0.1) is 6.04 Å². The molecule has 3 N–H and O–H groups in total. The number of carbonyl (C=O) groups excluding carboxylic acids is 1. The number of hydrogen-bond acceptors (Lipinski definition) is 2. The zero-order chi connectivity index (χ0) is 14.5. The molecule has 20 heavy (non-hydrogen) atoms. The third kappa shape index (κ3) is 2.26. The van der Waals surface area contributed by atoms with E-state index >= 15 is 0 Å². The largest absolute Gasteiger partial charge is 0.354 e. The number of carbonyl (C=O) groups is 1. The highest BCUT2D eigenvalue weighted by Crippen LogP contribution is 2.42. The minimum absolute atomic E-state index is 0.145. The molecule has 1 saturated heterocycles. The zero-order valence-electron chi connectivity index (χ0n) is 12.7. The molecule has 4 heteroatoms. The van der Waals surface area contributed by atoms with Crippen molar-refractivity contribution in [1.82, 2.24) is 9.88 Å². The average molecular weight is 275 g/mol. The summed E-state index contributed by atoms with van der Waals surface area (Å²) in [6, 6.07) is 2.79. The first kappa shape index (κ1) is 13.7. The van der Waals surface area contributed by atoms with Crippen molar-refractivity contribution in [2.45, 2.75) is 58.5 Å². The van der Waals surface area contributed by atoms with Crippen LogP contribution in [0.15, 0.2) is 6.07 Å². The van der Waals surface area contributed by atoms with Gasteiger partial charge in [-0.1, -0.05) is 13.8 Å². The predicted molar refractivity (Wildman–Crippen MR) is 79.5 cm³/mol. The molecule has 2 aliphatic rings. The van der Waals surface area contributed by atoms with Gasteiger partial charge in [-0.2, -0.15) is 0 Å². The van der Waals surface area contributed by atoms with Gasteiger partial charge in [-0.05, 0) is 43.2 Å². The standard InChI is InChI=1S/C16H25N3O/c1-10-6-12-13(17)7-16(2,3)8-14(12)19(10)11-4-5-15(20)18-9-11/h6,11,13H,4-5,7-9,17H2,1-3H3,(H,18,20). The Morgan fingerprint density at radius 3 is 2.85 bits per heavy atom. The summed E-state index contributed by atoms with van der Waals surface area (Å²) in [5.41, 5.74) is 10.6. The van der Waals surface area contributed by atoms with Crippen molar-refractivity contribution in [3.63, 3.8) is 0 Å². The second kappa shape index (κ2) is 4.62. The van der Waals surface area contributed by atoms with Crippen molar-refractivity contribution in [2.24, 2.45) is 11.1 Å². The summed E-state index contributed by atoms with van der Waals surface area (Å²) in [5.74, 6) is 0.178. The Bertz CT molecular complexity index is 534. The molecule has 2 unspecified atom stereocenters. The van der Waals surface area contributed by atoms with Crippen LogP contribution in [-0.2, 0) is 11.2 Å². The molecule has 2 atom stereocenters. The molecule has 4 nitrogen and oxygen atoms in total. The van der Waals surface area contributed by atoms with Gasteiger partial charge in [0, 0.05) is 30.4 Å². The zero-order valence-corrected chi connectivity index (χ0v) is 12.7. The van der Waals surface area contributed by atoms with Crippen LogP contribution in [0.5, 0.6) is 0 Å². The SMILES string of the molecule is Cc1cc2c(n1C1CCC(=O)NC1)CC(C)(C)CC2N. The molecule has 0 saturated carbocycles. The number of aromatic nitrogens is 1. The van der Waals surface area contributed by atoms with Crippen LogP contribution < -0.4 is 11.1 Å². The topological polar surface area (TPSA) is 60.0 Å². The summed E-state index contributed by atoms with van der Waals surface area (Å²) < 4.78 is 2.44. The number of amides is 1. The fraction of sp³-hybridized carbons (Fsp3) is 0.688. The Balaban J connectivity index is 1.98. The first-order valence-corrected chi connectivity index (χ1v) is 7.60. The van der Waals surface area contributed by atoms with Crippen LogP contribution in [0.2, 0.25) is 0 Å². The maximum Gasteiger partial charge on any atom is 0.220 e. The molecule has 110 valence electrons. The molecule has 0 bridgehead atoms. The molecule has 1 amide bonds. The van der Waals surface area contributed by atoms with Gasteiger partial charge in [0.25, 0.3) is 0 Å². The highest BCUT2D eigenvalue weighted by molar-refractivity contribution is 5.76. The number of nitrogens with two attached hydrogens (primary N) is 1. The third-order valence-corrected chi connectivity index (χ3v) is 4.79. The van der Waals surface area contributed by atoms with E-state index in [2.05, 4.69) is 36.7 Å². The van der Waals surface area contributed by atoms with Crippen molar-refractivity contribution < 1.29 is 4.79 Å². The van der Waals surface area contributed by atoms with E-state index in [-0.39, 0.29) is 17.4 Å². The van der Waals surface area contributed by atoms with Crippen molar-refractivity contribution in [3.8, 4) is 0 Å². The Morgan fingerprint density at radius 1 is 1.45 bits per heavy atom. The molecule has 1 aliphatic carbocycles. The fourth-order valence-corrected chi connectivity index (χ4v) is 3.92. The first-order valence-electron chi connectivity index (χ1n) is 7.60. The summed E-state index contributed by atoms with van der Waals surface area (Å²) in [6.07, 6.45) is 3.69. The van der Waals surface area contributed by atoms with E-state index in [1.165, 1.54) is 17.0 Å². The quantitative estimate of drug-likeness (QED) is 0.825. The van der Waals surface area contributed by atoms with Crippen LogP contribution in [0.25, 0.3) is 0 Å². The van der Waals surface area contributed by atoms with Crippen LogP contribution in [-0.4, -0.2) is 17.0 Å². The smallest absolute Gasteiger partial charge is 0.220 e. The summed E-state index contributed by atoms with van der Waals surface area (Å²) in [4.78, 5) is 11.4. The molecule has 0 spiro atoms. The van der Waals surface area contributed by atoms with E-state index in [0.717, 1.165) is 25.8 Å². The highest BCUT2D eigenvalue weighted by atomic mass is 16.1. The third-order valence-electron chi connectivity index (χ3n) is 4.79. The lowest BCUT2D eigenvalue weighted by Gasteiger charge is -2.36. The van der Waals surface area contributed by atoms with Crippen molar-refractivity contribution >= 4 is 5.91 Å². The van der Waals surface area contributed by atoms with Crippen LogP contribution in [0.3, 0.4) is 0 Å². The second-order valence-corrected chi connectivity index (χ2v) is 7.21. The summed E-state index contributed by atoms with van der Waals surface area (Å²) in [5, 5.41) is 3.00. The molecular weight excluding hydrogens is 250 g/mol. The number of hydrogen-bond donors (Lipinski definition) is 2. The maximum atomic E-state index is 11.4. The number of nitrogens with one attached hydrogen (secondary N) is 1. The maximum absolute atomic E-state index is 11.4. The van der Waals surface area contributed by atoms with E-state index in [4.69, 9.17) is 5.73 Å². The monoisotopic (exact) mass is 275 g/mol. The number of nitrogens with zero attached hydrogens (tertiary/aromatic N) is 1. The van der Waals surface area contributed by atoms with Gasteiger partial charge in [0.15, 0.2) is 0 Å². The number of rotatable bonds is 1. The van der Waals surface area contributed by atoms with Crippen LogP contribution in [0, 0.1) is 12.3 Å². The lowest BCUT2D eigenvalue weighted by Crippen LogP contribution is -2.38. The predicted octanol–water partition coefficient (Wildman–Crippen LogP) is 2.22. The molecule has 0 aromatic carbocycles. The molecule has 1 aromatic rings. The van der Waals surface area contributed by atoms with Gasteiger partial charge >= 0.3 is 0 Å². The second-order valence-electron chi connectivity index (χ2n) is 7.21. The molecule has 1 aliphatic heterocycles. The summed E-state index contributed by atoms with van der Waals surface area (Å²) in [6.45, 7) is 7.50. The van der Waals surface area contributed by atoms with Gasteiger partial charge in [0.1, 0.15) is 0 Å². The number of piperidine rings is 1. The Labute approximate surface area is 120 Å². The van der Waals surface area contributed by atoms with E-state index in [9.17, 15) is 4.79 Å². The molecular formula is C16H25N3O. The molecule has 1 fully saturated rings. The van der Waals surface area contributed by atoms with E-state index < -0.39 is 0 Å². The van der Waals surface area contributed by atoms with Gasteiger partial charge < -0.3 is 15.6 Å². The van der Waals surface area contributed by atoms with Gasteiger partial charge in [-0.15, -0.1) is 0 Å². The minimum Gasteiger partial charge on any atom is -0.354 e. The van der Waals surface area contributed by atoms with E-state index in [0.29, 0.717) is 12.5 Å². The highest BCUT2D eigenvalue weighted by Gasteiger charge is 2.35. The van der Waals surface area contributed by atoms with Crippen LogP contribution in [0.4, 0.5) is 0 Å². The Hall–Kier alpha value is -1.29. The molecule has 3 rings (SSSR count). The first-order chi connectivity index (χ1) is 9.37. The van der Waals surface area contributed by atoms with Crippen molar-refractivity contribution in [1.29, 1.82) is 0 Å². The van der Waals surface area contributed by atoms with Gasteiger partial charge in [0.2, 0.25) is 5.91 Å². The molecule has 0 radical (unpaired) electrons. The van der Waals surface area contributed by atoms with E-state index in [1.54, 1.807) is 0 Å². The Kier molecular flexibility index (Phi) is 3.16. The molecule has 2 heterocycles. The number of fused-ring (bicyclic) bond motifs is 1. The van der Waals surface area contributed by atoms with E-state index in [1.807, 2.05) is 0 Å². The van der Waals surface area contributed by atoms with Crippen LogP contribution >= 0.6 is 0 Å². The fourth-order valence-electron chi connectivity index (χ4n) is 3.92. The van der Waals surface area contributed by atoms with Gasteiger partial charge in [-0.3, -0.25) is 4.79 Å². The summed E-state index contributed by atoms with van der Waals surface area (Å²) >= 11 is 0. The van der Waals surface area contributed by atoms with Crippen molar-refractivity contribution in [3.05, 3.63) is 23.0 Å². The Morgan fingerprint density at radius 2 is 2.20 bits per heavy atom. The minimum atomic E-state index is 0.145.